The average molecular weight is 259 g/mol. The Morgan fingerprint density at radius 2 is 1.88 bits per heavy atom. The van der Waals surface area contributed by atoms with Crippen LogP contribution in [-0.4, -0.2) is 19.3 Å². The molecule has 3 nitrogen and oxygen atoms in total. The number of methoxy groups -OCH3 is 2. The Hall–Kier alpha value is -0.930. The molecule has 1 unspecified atom stereocenters. The van der Waals surface area contributed by atoms with E-state index < -0.39 is 6.10 Å². The van der Waals surface area contributed by atoms with Crippen LogP contribution >= 0.6 is 11.6 Å². The number of halogens is 1. The monoisotopic (exact) mass is 258 g/mol. The summed E-state index contributed by atoms with van der Waals surface area (Å²) in [5.74, 6) is 1.43. The van der Waals surface area contributed by atoms with Gasteiger partial charge in [0, 0.05) is 5.56 Å². The Morgan fingerprint density at radius 1 is 1.24 bits per heavy atom. The minimum atomic E-state index is -0.581. The Morgan fingerprint density at radius 3 is 2.35 bits per heavy atom. The molecule has 0 amide bonds. The van der Waals surface area contributed by atoms with E-state index in [1.54, 1.807) is 19.2 Å². The zero-order chi connectivity index (χ0) is 13.0. The lowest BCUT2D eigenvalue weighted by Crippen LogP contribution is -2.04. The zero-order valence-electron chi connectivity index (χ0n) is 10.7. The normalized spacial score (nSPS) is 12.6. The SMILES string of the molecule is COc1ccc(C(O)CC(C)C)c(Cl)c1OC. The van der Waals surface area contributed by atoms with Crippen molar-refractivity contribution in [3.63, 3.8) is 0 Å². The van der Waals surface area contributed by atoms with Gasteiger partial charge in [0.15, 0.2) is 11.5 Å². The van der Waals surface area contributed by atoms with E-state index in [9.17, 15) is 5.11 Å². The summed E-state index contributed by atoms with van der Waals surface area (Å²) in [6, 6.07) is 3.53. The van der Waals surface area contributed by atoms with E-state index in [0.717, 1.165) is 0 Å². The summed E-state index contributed by atoms with van der Waals surface area (Å²) in [5, 5.41) is 10.5. The number of rotatable bonds is 5. The third kappa shape index (κ3) is 3.27. The summed E-state index contributed by atoms with van der Waals surface area (Å²) in [4.78, 5) is 0. The van der Waals surface area contributed by atoms with Crippen LogP contribution < -0.4 is 9.47 Å². The molecular formula is C13H19ClO3. The van der Waals surface area contributed by atoms with Crippen molar-refractivity contribution in [1.82, 2.24) is 0 Å². The van der Waals surface area contributed by atoms with Gasteiger partial charge >= 0.3 is 0 Å². The topological polar surface area (TPSA) is 38.7 Å². The molecule has 1 aromatic rings. The number of benzene rings is 1. The Balaban J connectivity index is 3.09. The molecule has 0 aliphatic carbocycles. The highest BCUT2D eigenvalue weighted by Gasteiger charge is 2.19. The van der Waals surface area contributed by atoms with Gasteiger partial charge in [0.25, 0.3) is 0 Å². The highest BCUT2D eigenvalue weighted by Crippen LogP contribution is 2.40. The van der Waals surface area contributed by atoms with Gasteiger partial charge in [-0.15, -0.1) is 0 Å². The molecule has 4 heteroatoms. The quantitative estimate of drug-likeness (QED) is 0.879. The third-order valence-corrected chi connectivity index (χ3v) is 2.96. The van der Waals surface area contributed by atoms with Crippen LogP contribution in [0.2, 0.25) is 5.02 Å². The first-order valence-corrected chi connectivity index (χ1v) is 5.97. The van der Waals surface area contributed by atoms with E-state index in [2.05, 4.69) is 13.8 Å². The first kappa shape index (κ1) is 14.1. The van der Waals surface area contributed by atoms with Gasteiger partial charge in [-0.05, 0) is 18.4 Å². The van der Waals surface area contributed by atoms with Crippen LogP contribution in [0.15, 0.2) is 12.1 Å². The highest BCUT2D eigenvalue weighted by molar-refractivity contribution is 6.33. The fraction of sp³-hybridized carbons (Fsp3) is 0.538. The Bertz CT molecular complexity index is 377. The van der Waals surface area contributed by atoms with Crippen LogP contribution in [0.5, 0.6) is 11.5 Å². The van der Waals surface area contributed by atoms with Crippen LogP contribution in [0.3, 0.4) is 0 Å². The molecule has 0 heterocycles. The highest BCUT2D eigenvalue weighted by atomic mass is 35.5. The maximum Gasteiger partial charge on any atom is 0.179 e. The first-order valence-electron chi connectivity index (χ1n) is 5.59. The second-order valence-corrected chi connectivity index (χ2v) is 4.73. The predicted molar refractivity (Wildman–Crippen MR) is 69.0 cm³/mol. The van der Waals surface area contributed by atoms with Crippen LogP contribution in [-0.2, 0) is 0 Å². The van der Waals surface area contributed by atoms with Gasteiger partial charge < -0.3 is 14.6 Å². The molecule has 0 aliphatic heterocycles. The van der Waals surface area contributed by atoms with Crippen molar-refractivity contribution in [3.05, 3.63) is 22.7 Å². The largest absolute Gasteiger partial charge is 0.493 e. The Kier molecular flexibility index (Phi) is 5.09. The van der Waals surface area contributed by atoms with E-state index >= 15 is 0 Å². The van der Waals surface area contributed by atoms with Gasteiger partial charge in [0.2, 0.25) is 0 Å². The molecule has 1 N–H and O–H groups in total. The number of aliphatic hydroxyl groups is 1. The van der Waals surface area contributed by atoms with Gasteiger partial charge in [-0.25, -0.2) is 0 Å². The van der Waals surface area contributed by atoms with E-state index in [0.29, 0.717) is 34.4 Å². The molecule has 17 heavy (non-hydrogen) atoms. The zero-order valence-corrected chi connectivity index (χ0v) is 11.4. The van der Waals surface area contributed by atoms with Crippen molar-refractivity contribution < 1.29 is 14.6 Å². The van der Waals surface area contributed by atoms with E-state index in [-0.39, 0.29) is 0 Å². The standard InChI is InChI=1S/C13H19ClO3/c1-8(2)7-10(15)9-5-6-11(16-3)13(17-4)12(9)14/h5-6,8,10,15H,7H2,1-4H3. The van der Waals surface area contributed by atoms with Gasteiger partial charge in [-0.3, -0.25) is 0 Å². The number of ether oxygens (including phenoxy) is 2. The molecule has 0 spiro atoms. The molecule has 0 saturated heterocycles. The van der Waals surface area contributed by atoms with Crippen molar-refractivity contribution in [1.29, 1.82) is 0 Å². The summed E-state index contributed by atoms with van der Waals surface area (Å²) < 4.78 is 10.3. The summed E-state index contributed by atoms with van der Waals surface area (Å²) in [7, 11) is 3.08. The fourth-order valence-corrected chi connectivity index (χ4v) is 2.09. The van der Waals surface area contributed by atoms with E-state index in [1.165, 1.54) is 7.11 Å². The van der Waals surface area contributed by atoms with Crippen molar-refractivity contribution in [2.45, 2.75) is 26.4 Å². The van der Waals surface area contributed by atoms with Crippen molar-refractivity contribution in [2.24, 2.45) is 5.92 Å². The molecule has 0 radical (unpaired) electrons. The molecule has 0 fully saturated rings. The Labute approximate surface area is 107 Å². The van der Waals surface area contributed by atoms with Gasteiger partial charge in [-0.1, -0.05) is 31.5 Å². The maximum atomic E-state index is 10.1. The number of hydrogen-bond donors (Lipinski definition) is 1. The lowest BCUT2D eigenvalue weighted by molar-refractivity contribution is 0.150. The summed E-state index contributed by atoms with van der Waals surface area (Å²) in [5.41, 5.74) is 0.679. The lowest BCUT2D eigenvalue weighted by Gasteiger charge is -2.18. The van der Waals surface area contributed by atoms with Gasteiger partial charge in [-0.2, -0.15) is 0 Å². The van der Waals surface area contributed by atoms with E-state index in [4.69, 9.17) is 21.1 Å². The minimum absolute atomic E-state index is 0.397. The molecule has 96 valence electrons. The van der Waals surface area contributed by atoms with E-state index in [1.807, 2.05) is 0 Å². The average Bonchev–Trinajstić information content (AvgIpc) is 2.27. The predicted octanol–water partition coefficient (Wildman–Crippen LogP) is 3.44. The van der Waals surface area contributed by atoms with Crippen LogP contribution in [0.1, 0.15) is 31.9 Å². The molecule has 1 atom stereocenters. The van der Waals surface area contributed by atoms with Crippen molar-refractivity contribution >= 4 is 11.6 Å². The first-order chi connectivity index (χ1) is 8.01. The number of hydrogen-bond acceptors (Lipinski definition) is 3. The number of aliphatic hydroxyl groups excluding tert-OH is 1. The second kappa shape index (κ2) is 6.12. The molecule has 0 saturated carbocycles. The maximum absolute atomic E-state index is 10.1. The summed E-state index contributed by atoms with van der Waals surface area (Å²) in [6.07, 6.45) is 0.0807. The fourth-order valence-electron chi connectivity index (χ4n) is 1.74. The summed E-state index contributed by atoms with van der Waals surface area (Å²) in [6.45, 7) is 4.11. The molecular weight excluding hydrogens is 240 g/mol. The van der Waals surface area contributed by atoms with Crippen molar-refractivity contribution in [2.75, 3.05) is 14.2 Å². The molecule has 0 bridgehead atoms. The van der Waals surface area contributed by atoms with Crippen LogP contribution in [0.25, 0.3) is 0 Å². The second-order valence-electron chi connectivity index (χ2n) is 4.35. The van der Waals surface area contributed by atoms with Crippen molar-refractivity contribution in [3.8, 4) is 11.5 Å². The van der Waals surface area contributed by atoms with Gasteiger partial charge in [0.05, 0.1) is 25.3 Å². The molecule has 1 aromatic carbocycles. The lowest BCUT2D eigenvalue weighted by atomic mass is 9.99. The molecule has 1 rings (SSSR count). The third-order valence-electron chi connectivity index (χ3n) is 2.57. The van der Waals surface area contributed by atoms with Gasteiger partial charge in [0.1, 0.15) is 0 Å². The summed E-state index contributed by atoms with van der Waals surface area (Å²) >= 11 is 6.21. The molecule has 0 aromatic heterocycles. The smallest absolute Gasteiger partial charge is 0.179 e. The van der Waals surface area contributed by atoms with Crippen LogP contribution in [0.4, 0.5) is 0 Å². The van der Waals surface area contributed by atoms with Crippen LogP contribution in [0, 0.1) is 5.92 Å². The molecule has 0 aliphatic rings. The minimum Gasteiger partial charge on any atom is -0.493 e.